The van der Waals surface area contributed by atoms with Crippen LogP contribution in [0.3, 0.4) is 0 Å². The molecule has 1 N–H and O–H groups in total. The minimum absolute atomic E-state index is 0.0660. The van der Waals surface area contributed by atoms with Crippen LogP contribution in [0.4, 0.5) is 10.5 Å². The Morgan fingerprint density at radius 2 is 2.00 bits per heavy atom. The van der Waals surface area contributed by atoms with Gasteiger partial charge in [0.25, 0.3) is 0 Å². The highest BCUT2D eigenvalue weighted by Crippen LogP contribution is 2.22. The molecule has 0 aromatic heterocycles. The first-order valence-electron chi connectivity index (χ1n) is 7.61. The maximum Gasteiger partial charge on any atom is 0.324 e. The third-order valence-electron chi connectivity index (χ3n) is 3.47. The molecule has 5 nitrogen and oxygen atoms in total. The Bertz CT molecular complexity index is 463. The van der Waals surface area contributed by atoms with E-state index in [1.54, 1.807) is 16.9 Å². The molecule has 1 rings (SSSR count). The molecule has 1 aromatic rings. The average Bonchev–Trinajstić information content (AvgIpc) is 2.52. The first-order chi connectivity index (χ1) is 10.6. The van der Waals surface area contributed by atoms with Crippen LogP contribution in [-0.2, 0) is 11.3 Å². The minimum Gasteiger partial charge on any atom is -0.392 e. The third-order valence-corrected chi connectivity index (χ3v) is 3.47. The van der Waals surface area contributed by atoms with Crippen molar-refractivity contribution in [2.45, 2.75) is 32.9 Å². The van der Waals surface area contributed by atoms with E-state index in [1.165, 1.54) is 0 Å². The molecule has 0 aliphatic heterocycles. The van der Waals surface area contributed by atoms with Crippen LogP contribution in [0, 0.1) is 6.92 Å². The Balaban J connectivity index is 3.09. The number of para-hydroxylation sites is 1. The van der Waals surface area contributed by atoms with Gasteiger partial charge in [0.15, 0.2) is 0 Å². The van der Waals surface area contributed by atoms with Gasteiger partial charge in [-0.15, -0.1) is 0 Å². The molecule has 0 atom stereocenters. The highest BCUT2D eigenvalue weighted by atomic mass is 16.5. The molecule has 0 spiro atoms. The highest BCUT2D eigenvalue weighted by molar-refractivity contribution is 5.93. The molecule has 0 saturated carbocycles. The number of hydrogen-bond donors (Lipinski definition) is 1. The smallest absolute Gasteiger partial charge is 0.324 e. The third kappa shape index (κ3) is 4.71. The molecule has 0 aliphatic rings. The molecule has 0 unspecified atom stereocenters. The van der Waals surface area contributed by atoms with Gasteiger partial charge in [0.2, 0.25) is 0 Å². The summed E-state index contributed by atoms with van der Waals surface area (Å²) in [5, 5.41) is 9.52. The molecule has 0 aliphatic carbocycles. The number of methoxy groups -OCH3 is 1. The van der Waals surface area contributed by atoms with Crippen molar-refractivity contribution in [2.75, 3.05) is 31.7 Å². The van der Waals surface area contributed by atoms with Crippen molar-refractivity contribution in [1.29, 1.82) is 0 Å². The standard InChI is InChI=1S/C17H27N2O3/c1-5-10-19(16-9-7-6-8-15(16)13-20)17(21)18(14(2)3)11-12-22-4/h6-9,14,20H,1,5,10-13H2,2-4H3. The van der Waals surface area contributed by atoms with Gasteiger partial charge in [0, 0.05) is 31.8 Å². The number of hydrogen-bond acceptors (Lipinski definition) is 3. The predicted molar refractivity (Wildman–Crippen MR) is 88.8 cm³/mol. The summed E-state index contributed by atoms with van der Waals surface area (Å²) in [5.74, 6) is 0. The number of aliphatic hydroxyl groups excluding tert-OH is 1. The van der Waals surface area contributed by atoms with Gasteiger partial charge in [-0.3, -0.25) is 4.90 Å². The van der Waals surface area contributed by atoms with Gasteiger partial charge in [0.05, 0.1) is 18.9 Å². The molecule has 1 radical (unpaired) electrons. The van der Waals surface area contributed by atoms with Gasteiger partial charge in [-0.2, -0.15) is 0 Å². The van der Waals surface area contributed by atoms with Crippen molar-refractivity contribution in [3.05, 3.63) is 36.8 Å². The lowest BCUT2D eigenvalue weighted by Gasteiger charge is -2.34. The maximum atomic E-state index is 12.9. The van der Waals surface area contributed by atoms with Crippen molar-refractivity contribution < 1.29 is 14.6 Å². The Morgan fingerprint density at radius 1 is 1.32 bits per heavy atom. The topological polar surface area (TPSA) is 53.0 Å². The van der Waals surface area contributed by atoms with E-state index in [-0.39, 0.29) is 18.7 Å². The number of carbonyl (C=O) groups is 1. The largest absolute Gasteiger partial charge is 0.392 e. The fourth-order valence-electron chi connectivity index (χ4n) is 2.30. The van der Waals surface area contributed by atoms with Gasteiger partial charge >= 0.3 is 6.03 Å². The zero-order chi connectivity index (χ0) is 16.5. The molecule has 0 bridgehead atoms. The van der Waals surface area contributed by atoms with Crippen molar-refractivity contribution >= 4 is 11.7 Å². The Hall–Kier alpha value is -1.59. The van der Waals surface area contributed by atoms with Crippen LogP contribution < -0.4 is 4.90 Å². The van der Waals surface area contributed by atoms with E-state index in [0.29, 0.717) is 26.1 Å². The summed E-state index contributed by atoms with van der Waals surface area (Å²) in [6.45, 7) is 9.24. The summed E-state index contributed by atoms with van der Waals surface area (Å²) in [4.78, 5) is 16.4. The summed E-state index contributed by atoms with van der Waals surface area (Å²) in [6.07, 6.45) is 0.599. The van der Waals surface area contributed by atoms with Gasteiger partial charge in [0.1, 0.15) is 0 Å². The van der Waals surface area contributed by atoms with E-state index in [4.69, 9.17) is 4.74 Å². The predicted octanol–water partition coefficient (Wildman–Crippen LogP) is 2.69. The molecular formula is C17H27N2O3. The van der Waals surface area contributed by atoms with Crippen LogP contribution in [0.15, 0.2) is 24.3 Å². The first-order valence-corrected chi connectivity index (χ1v) is 7.61. The van der Waals surface area contributed by atoms with E-state index in [2.05, 4.69) is 6.92 Å². The summed E-state index contributed by atoms with van der Waals surface area (Å²) >= 11 is 0. The van der Waals surface area contributed by atoms with Crippen molar-refractivity contribution in [3.8, 4) is 0 Å². The fraction of sp³-hybridized carbons (Fsp3) is 0.529. The van der Waals surface area contributed by atoms with Crippen molar-refractivity contribution in [2.24, 2.45) is 0 Å². The molecular weight excluding hydrogens is 280 g/mol. The normalized spacial score (nSPS) is 10.8. The zero-order valence-corrected chi connectivity index (χ0v) is 13.8. The van der Waals surface area contributed by atoms with E-state index in [1.807, 2.05) is 38.1 Å². The van der Waals surface area contributed by atoms with Gasteiger partial charge in [-0.1, -0.05) is 25.1 Å². The zero-order valence-electron chi connectivity index (χ0n) is 13.8. The lowest BCUT2D eigenvalue weighted by Crippen LogP contribution is -2.48. The molecule has 0 saturated heterocycles. The summed E-state index contributed by atoms with van der Waals surface area (Å²) < 4.78 is 5.10. The number of rotatable bonds is 8. The van der Waals surface area contributed by atoms with E-state index in [9.17, 15) is 9.90 Å². The lowest BCUT2D eigenvalue weighted by molar-refractivity contribution is 0.139. The monoisotopic (exact) mass is 307 g/mol. The molecule has 0 fully saturated rings. The van der Waals surface area contributed by atoms with Gasteiger partial charge in [-0.25, -0.2) is 4.79 Å². The summed E-state index contributed by atoms with van der Waals surface area (Å²) in [6, 6.07) is 7.38. The lowest BCUT2D eigenvalue weighted by atomic mass is 10.1. The average molecular weight is 307 g/mol. The van der Waals surface area contributed by atoms with E-state index < -0.39 is 0 Å². The van der Waals surface area contributed by atoms with Gasteiger partial charge in [-0.05, 0) is 26.3 Å². The SMILES string of the molecule is [CH2]CCN(C(=O)N(CCOC)C(C)C)c1ccccc1CO. The molecule has 123 valence electrons. The highest BCUT2D eigenvalue weighted by Gasteiger charge is 2.25. The van der Waals surface area contributed by atoms with Crippen LogP contribution in [-0.4, -0.2) is 48.9 Å². The van der Waals surface area contributed by atoms with Crippen molar-refractivity contribution in [1.82, 2.24) is 4.90 Å². The maximum absolute atomic E-state index is 12.9. The number of benzene rings is 1. The van der Waals surface area contributed by atoms with E-state index in [0.717, 1.165) is 11.3 Å². The van der Waals surface area contributed by atoms with Crippen LogP contribution >= 0.6 is 0 Å². The van der Waals surface area contributed by atoms with Crippen molar-refractivity contribution in [3.63, 3.8) is 0 Å². The molecule has 1 aromatic carbocycles. The number of nitrogens with zero attached hydrogens (tertiary/aromatic N) is 2. The fourth-order valence-corrected chi connectivity index (χ4v) is 2.30. The second-order valence-corrected chi connectivity index (χ2v) is 5.35. The molecule has 22 heavy (non-hydrogen) atoms. The molecule has 0 heterocycles. The first kappa shape index (κ1) is 18.5. The second-order valence-electron chi connectivity index (χ2n) is 5.35. The molecule has 2 amide bonds. The van der Waals surface area contributed by atoms with Crippen LogP contribution in [0.5, 0.6) is 0 Å². The Morgan fingerprint density at radius 3 is 2.55 bits per heavy atom. The van der Waals surface area contributed by atoms with Crippen LogP contribution in [0.2, 0.25) is 0 Å². The number of aliphatic hydroxyl groups is 1. The number of urea groups is 1. The minimum atomic E-state index is -0.100. The quantitative estimate of drug-likeness (QED) is 0.803. The molecule has 5 heteroatoms. The van der Waals surface area contributed by atoms with Crippen LogP contribution in [0.1, 0.15) is 25.8 Å². The summed E-state index contributed by atoms with van der Waals surface area (Å²) in [7, 11) is 1.62. The number of anilines is 1. The van der Waals surface area contributed by atoms with E-state index >= 15 is 0 Å². The number of ether oxygens (including phenoxy) is 1. The number of carbonyl (C=O) groups excluding carboxylic acids is 1. The van der Waals surface area contributed by atoms with Crippen LogP contribution in [0.25, 0.3) is 0 Å². The number of amides is 2. The second kappa shape index (κ2) is 9.43. The summed E-state index contributed by atoms with van der Waals surface area (Å²) in [5.41, 5.74) is 1.47. The Labute approximate surface area is 133 Å². The van der Waals surface area contributed by atoms with Gasteiger partial charge < -0.3 is 14.7 Å². The Kier molecular flexibility index (Phi) is 7.91.